The van der Waals surface area contributed by atoms with Crippen LogP contribution in [0.1, 0.15) is 32.0 Å². The summed E-state index contributed by atoms with van der Waals surface area (Å²) in [6, 6.07) is 0.449. The zero-order valence-electron chi connectivity index (χ0n) is 13.0. The van der Waals surface area contributed by atoms with Gasteiger partial charge in [0.05, 0.1) is 20.1 Å². The molecule has 0 spiro atoms. The predicted octanol–water partition coefficient (Wildman–Crippen LogP) is 1.45. The van der Waals surface area contributed by atoms with Crippen LogP contribution in [0.15, 0.2) is 12.4 Å². The first-order chi connectivity index (χ1) is 10.2. The van der Waals surface area contributed by atoms with Crippen LogP contribution in [0.5, 0.6) is 0 Å². The highest BCUT2D eigenvalue weighted by Crippen LogP contribution is 2.17. The van der Waals surface area contributed by atoms with E-state index >= 15 is 0 Å². The molecule has 1 aliphatic rings. The molecule has 0 radical (unpaired) electrons. The number of hydrogen-bond acceptors (Lipinski definition) is 5. The minimum Gasteiger partial charge on any atom is -0.469 e. The van der Waals surface area contributed by atoms with Crippen molar-refractivity contribution in [2.45, 2.75) is 45.3 Å². The molecule has 1 aromatic rings. The third-order valence-corrected chi connectivity index (χ3v) is 4.02. The second-order valence-electron chi connectivity index (χ2n) is 5.27. The second-order valence-corrected chi connectivity index (χ2v) is 5.27. The van der Waals surface area contributed by atoms with Gasteiger partial charge in [-0.25, -0.2) is 4.98 Å². The molecule has 6 heteroatoms. The molecule has 2 rings (SSSR count). The van der Waals surface area contributed by atoms with Gasteiger partial charge in [-0.05, 0) is 19.8 Å². The molecular weight excluding hydrogens is 270 g/mol. The van der Waals surface area contributed by atoms with Gasteiger partial charge in [-0.1, -0.05) is 0 Å². The number of esters is 1. The maximum atomic E-state index is 11.4. The van der Waals surface area contributed by atoms with Crippen LogP contribution >= 0.6 is 0 Å². The lowest BCUT2D eigenvalue weighted by Crippen LogP contribution is -2.40. The molecule has 0 unspecified atom stereocenters. The SMILES string of the molecule is CCn1ccnc1CN(CCC(=O)OC)C1CCOCC1. The summed E-state index contributed by atoms with van der Waals surface area (Å²) in [5, 5.41) is 0. The van der Waals surface area contributed by atoms with Crippen LogP contribution in [0.3, 0.4) is 0 Å². The van der Waals surface area contributed by atoms with Crippen LogP contribution in [0, 0.1) is 0 Å². The maximum absolute atomic E-state index is 11.4. The number of ether oxygens (including phenoxy) is 2. The first-order valence-electron chi connectivity index (χ1n) is 7.63. The third-order valence-electron chi connectivity index (χ3n) is 4.02. The van der Waals surface area contributed by atoms with Crippen LogP contribution in [0.25, 0.3) is 0 Å². The van der Waals surface area contributed by atoms with Crippen molar-refractivity contribution in [2.24, 2.45) is 0 Å². The van der Waals surface area contributed by atoms with E-state index in [1.165, 1.54) is 7.11 Å². The van der Waals surface area contributed by atoms with Crippen LogP contribution in [0.2, 0.25) is 0 Å². The molecule has 1 aromatic heterocycles. The van der Waals surface area contributed by atoms with Crippen LogP contribution in [-0.2, 0) is 27.4 Å². The Morgan fingerprint density at radius 3 is 2.95 bits per heavy atom. The van der Waals surface area contributed by atoms with E-state index in [1.807, 2.05) is 12.4 Å². The molecule has 6 nitrogen and oxygen atoms in total. The molecule has 0 saturated carbocycles. The molecule has 0 N–H and O–H groups in total. The van der Waals surface area contributed by atoms with Gasteiger partial charge in [0.15, 0.2) is 0 Å². The summed E-state index contributed by atoms with van der Waals surface area (Å²) < 4.78 is 12.3. The number of carbonyl (C=O) groups excluding carboxylic acids is 1. The van der Waals surface area contributed by atoms with Crippen molar-refractivity contribution in [3.63, 3.8) is 0 Å². The minimum absolute atomic E-state index is 0.161. The topological polar surface area (TPSA) is 56.6 Å². The number of hydrogen-bond donors (Lipinski definition) is 0. The van der Waals surface area contributed by atoms with Crippen molar-refractivity contribution >= 4 is 5.97 Å². The van der Waals surface area contributed by atoms with Crippen molar-refractivity contribution in [2.75, 3.05) is 26.9 Å². The molecule has 0 aliphatic carbocycles. The molecule has 1 fully saturated rings. The third kappa shape index (κ3) is 4.54. The fourth-order valence-electron chi connectivity index (χ4n) is 2.74. The Hall–Kier alpha value is -1.40. The second kappa shape index (κ2) is 8.14. The van der Waals surface area contributed by atoms with Crippen molar-refractivity contribution in [1.82, 2.24) is 14.5 Å². The summed E-state index contributed by atoms with van der Waals surface area (Å²) in [4.78, 5) is 18.2. The lowest BCUT2D eigenvalue weighted by molar-refractivity contribution is -0.141. The highest BCUT2D eigenvalue weighted by Gasteiger charge is 2.23. The first-order valence-corrected chi connectivity index (χ1v) is 7.63. The fourth-order valence-corrected chi connectivity index (χ4v) is 2.74. The zero-order valence-corrected chi connectivity index (χ0v) is 13.0. The van der Waals surface area contributed by atoms with E-state index in [-0.39, 0.29) is 5.97 Å². The van der Waals surface area contributed by atoms with E-state index in [2.05, 4.69) is 21.4 Å². The van der Waals surface area contributed by atoms with Gasteiger partial charge in [0, 0.05) is 44.7 Å². The van der Waals surface area contributed by atoms with Gasteiger partial charge in [-0.15, -0.1) is 0 Å². The lowest BCUT2D eigenvalue weighted by Gasteiger charge is -2.33. The van der Waals surface area contributed by atoms with Crippen molar-refractivity contribution in [1.29, 1.82) is 0 Å². The monoisotopic (exact) mass is 295 g/mol. The summed E-state index contributed by atoms with van der Waals surface area (Å²) in [6.45, 7) is 6.08. The molecule has 2 heterocycles. The van der Waals surface area contributed by atoms with Crippen LogP contribution in [-0.4, -0.2) is 53.3 Å². The van der Waals surface area contributed by atoms with E-state index in [1.54, 1.807) is 0 Å². The zero-order chi connectivity index (χ0) is 15.1. The smallest absolute Gasteiger partial charge is 0.306 e. The Labute approximate surface area is 126 Å². The average Bonchev–Trinajstić information content (AvgIpc) is 2.99. The Bertz CT molecular complexity index is 441. The van der Waals surface area contributed by atoms with Gasteiger partial charge in [0.1, 0.15) is 5.82 Å². The average molecular weight is 295 g/mol. The predicted molar refractivity (Wildman–Crippen MR) is 78.8 cm³/mol. The Morgan fingerprint density at radius 2 is 2.29 bits per heavy atom. The Balaban J connectivity index is 2.01. The minimum atomic E-state index is -0.161. The highest BCUT2D eigenvalue weighted by atomic mass is 16.5. The normalized spacial score (nSPS) is 16.3. The van der Waals surface area contributed by atoms with Gasteiger partial charge in [0.25, 0.3) is 0 Å². The van der Waals surface area contributed by atoms with Crippen molar-refractivity contribution in [3.8, 4) is 0 Å². The molecule has 21 heavy (non-hydrogen) atoms. The molecule has 0 bridgehead atoms. The summed E-state index contributed by atoms with van der Waals surface area (Å²) in [6.07, 6.45) is 6.27. The molecule has 0 atom stereocenters. The maximum Gasteiger partial charge on any atom is 0.306 e. The van der Waals surface area contributed by atoms with E-state index < -0.39 is 0 Å². The molecule has 118 valence electrons. The Morgan fingerprint density at radius 1 is 1.52 bits per heavy atom. The standard InChI is InChI=1S/C15H25N3O3/c1-3-17-9-7-16-14(17)12-18(8-4-15(19)20-2)13-5-10-21-11-6-13/h7,9,13H,3-6,8,10-12H2,1-2H3. The summed E-state index contributed by atoms with van der Waals surface area (Å²) >= 11 is 0. The van der Waals surface area contributed by atoms with E-state index in [9.17, 15) is 4.79 Å². The van der Waals surface area contributed by atoms with Gasteiger partial charge in [0.2, 0.25) is 0 Å². The van der Waals surface area contributed by atoms with E-state index in [0.29, 0.717) is 19.0 Å². The van der Waals surface area contributed by atoms with Gasteiger partial charge in [-0.3, -0.25) is 9.69 Å². The molecular formula is C15H25N3O3. The number of methoxy groups -OCH3 is 1. The van der Waals surface area contributed by atoms with E-state index in [4.69, 9.17) is 9.47 Å². The number of rotatable bonds is 7. The van der Waals surface area contributed by atoms with Crippen molar-refractivity contribution < 1.29 is 14.3 Å². The van der Waals surface area contributed by atoms with Gasteiger partial charge < -0.3 is 14.0 Å². The number of aryl methyl sites for hydroxylation is 1. The number of carbonyl (C=O) groups is 1. The number of aromatic nitrogens is 2. The van der Waals surface area contributed by atoms with E-state index in [0.717, 1.165) is 45.0 Å². The summed E-state index contributed by atoms with van der Waals surface area (Å²) in [7, 11) is 1.44. The largest absolute Gasteiger partial charge is 0.469 e. The fraction of sp³-hybridized carbons (Fsp3) is 0.733. The quantitative estimate of drug-likeness (QED) is 0.713. The first kappa shape index (κ1) is 16.0. The summed E-state index contributed by atoms with van der Waals surface area (Å²) in [5.41, 5.74) is 0. The highest BCUT2D eigenvalue weighted by molar-refractivity contribution is 5.69. The van der Waals surface area contributed by atoms with Crippen LogP contribution in [0.4, 0.5) is 0 Å². The molecule has 0 aromatic carbocycles. The number of imidazole rings is 1. The molecule has 0 amide bonds. The van der Waals surface area contributed by atoms with Crippen molar-refractivity contribution in [3.05, 3.63) is 18.2 Å². The van der Waals surface area contributed by atoms with Gasteiger partial charge >= 0.3 is 5.97 Å². The van der Waals surface area contributed by atoms with Crippen LogP contribution < -0.4 is 0 Å². The molecule has 1 aliphatic heterocycles. The number of nitrogens with zero attached hydrogens (tertiary/aromatic N) is 3. The van der Waals surface area contributed by atoms with Gasteiger partial charge in [-0.2, -0.15) is 0 Å². The lowest BCUT2D eigenvalue weighted by atomic mass is 10.1. The molecule has 1 saturated heterocycles. The summed E-state index contributed by atoms with van der Waals surface area (Å²) in [5.74, 6) is 0.889. The Kier molecular flexibility index (Phi) is 6.20.